The summed E-state index contributed by atoms with van der Waals surface area (Å²) in [5, 5.41) is 28.1. The molecule has 162 valence electrons. The summed E-state index contributed by atoms with van der Waals surface area (Å²) in [4.78, 5) is 4.74. The van der Waals surface area contributed by atoms with Gasteiger partial charge in [-0.05, 0) is 36.6 Å². The van der Waals surface area contributed by atoms with Gasteiger partial charge in [-0.25, -0.2) is 4.98 Å². The zero-order chi connectivity index (χ0) is 22.9. The van der Waals surface area contributed by atoms with E-state index in [0.717, 1.165) is 24.1 Å². The van der Waals surface area contributed by atoms with Crippen LogP contribution in [0.25, 0.3) is 11.1 Å². The van der Waals surface area contributed by atoms with Crippen LogP contribution < -0.4 is 4.74 Å². The van der Waals surface area contributed by atoms with Gasteiger partial charge in [-0.15, -0.1) is 0 Å². The predicted octanol–water partition coefficient (Wildman–Crippen LogP) is 4.73. The van der Waals surface area contributed by atoms with Crippen molar-refractivity contribution in [3.8, 4) is 29.0 Å². The normalized spacial score (nSPS) is 13.2. The van der Waals surface area contributed by atoms with Crippen molar-refractivity contribution < 1.29 is 9.47 Å². The Morgan fingerprint density at radius 1 is 1.22 bits per heavy atom. The molecule has 0 atom stereocenters. The number of aromatic nitrogens is 1. The van der Waals surface area contributed by atoms with Crippen LogP contribution in [0.2, 0.25) is 0 Å². The number of hydrogen-bond acceptors (Lipinski definition) is 8. The SMILES string of the molecule is C=C/C(CSc1nc(C2CC2)c(C#N)c(-c2ccc(OCCOC)cc2)c1C#N)=N\N=C. The smallest absolute Gasteiger partial charge is 0.119 e. The van der Waals surface area contributed by atoms with Gasteiger partial charge in [-0.3, -0.25) is 0 Å². The van der Waals surface area contributed by atoms with E-state index in [1.54, 1.807) is 13.2 Å². The van der Waals surface area contributed by atoms with E-state index in [1.807, 2.05) is 24.3 Å². The number of rotatable bonds is 11. The van der Waals surface area contributed by atoms with Gasteiger partial charge in [0.1, 0.15) is 29.5 Å². The Labute approximate surface area is 192 Å². The molecule has 0 spiro atoms. The fourth-order valence-electron chi connectivity index (χ4n) is 3.17. The van der Waals surface area contributed by atoms with Gasteiger partial charge < -0.3 is 9.47 Å². The average molecular weight is 446 g/mol. The Morgan fingerprint density at radius 3 is 2.50 bits per heavy atom. The highest BCUT2D eigenvalue weighted by molar-refractivity contribution is 8.00. The minimum Gasteiger partial charge on any atom is -0.491 e. The molecule has 7 nitrogen and oxygen atoms in total. The van der Waals surface area contributed by atoms with Crippen LogP contribution in [0, 0.1) is 22.7 Å². The molecular formula is C24H23N5O2S. The number of nitriles is 2. The highest BCUT2D eigenvalue weighted by Gasteiger charge is 2.32. The summed E-state index contributed by atoms with van der Waals surface area (Å²) in [5.74, 6) is 1.37. The van der Waals surface area contributed by atoms with Crippen LogP contribution in [0.4, 0.5) is 0 Å². The highest BCUT2D eigenvalue weighted by Crippen LogP contribution is 2.45. The first-order valence-electron chi connectivity index (χ1n) is 10.0. The number of allylic oxidation sites excluding steroid dienone is 1. The molecule has 1 fully saturated rings. The van der Waals surface area contributed by atoms with Gasteiger partial charge in [0.2, 0.25) is 0 Å². The molecule has 0 unspecified atom stereocenters. The second-order valence-corrected chi connectivity index (χ2v) is 7.98. The van der Waals surface area contributed by atoms with Crippen molar-refractivity contribution in [2.75, 3.05) is 26.1 Å². The van der Waals surface area contributed by atoms with Crippen LogP contribution in [-0.4, -0.2) is 43.5 Å². The lowest BCUT2D eigenvalue weighted by Crippen LogP contribution is -2.05. The standard InChI is InChI=1S/C24H23N5O2S/c1-4-18(29-27-2)15-32-24-21(14-26)22(20(13-25)23(28-24)17-5-6-17)16-7-9-19(10-8-16)31-12-11-30-3/h4,7-10,17H,1-2,5-6,11-12,15H2,3H3/b29-18+. The molecule has 0 saturated heterocycles. The van der Waals surface area contributed by atoms with Gasteiger partial charge >= 0.3 is 0 Å². The Kier molecular flexibility index (Phi) is 8.15. The Hall–Kier alpha value is -3.46. The van der Waals surface area contributed by atoms with Gasteiger partial charge in [-0.1, -0.05) is 30.5 Å². The molecule has 0 radical (unpaired) electrons. The predicted molar refractivity (Wildman–Crippen MR) is 126 cm³/mol. The molecule has 0 bridgehead atoms. The van der Waals surface area contributed by atoms with E-state index < -0.39 is 0 Å². The molecule has 8 heteroatoms. The van der Waals surface area contributed by atoms with Crippen LogP contribution in [0.1, 0.15) is 35.6 Å². The van der Waals surface area contributed by atoms with Crippen molar-refractivity contribution in [3.05, 3.63) is 53.7 Å². The largest absolute Gasteiger partial charge is 0.491 e. The summed E-state index contributed by atoms with van der Waals surface area (Å²) in [6.45, 7) is 8.05. The lowest BCUT2D eigenvalue weighted by Gasteiger charge is -2.15. The number of pyridine rings is 1. The molecule has 1 aliphatic carbocycles. The number of thioether (sulfide) groups is 1. The number of ether oxygens (including phenoxy) is 2. The minimum atomic E-state index is 0.245. The second kappa shape index (κ2) is 11.2. The van der Waals surface area contributed by atoms with Crippen molar-refractivity contribution in [1.82, 2.24) is 4.98 Å². The van der Waals surface area contributed by atoms with Crippen molar-refractivity contribution in [2.24, 2.45) is 10.2 Å². The summed E-state index contributed by atoms with van der Waals surface area (Å²) < 4.78 is 10.6. The van der Waals surface area contributed by atoms with Crippen LogP contribution in [0.5, 0.6) is 5.75 Å². The van der Waals surface area contributed by atoms with Gasteiger partial charge in [0, 0.05) is 31.1 Å². The summed E-state index contributed by atoms with van der Waals surface area (Å²) in [6.07, 6.45) is 3.58. The van der Waals surface area contributed by atoms with Crippen molar-refractivity contribution in [1.29, 1.82) is 10.5 Å². The van der Waals surface area contributed by atoms with E-state index in [-0.39, 0.29) is 5.92 Å². The van der Waals surface area contributed by atoms with Gasteiger partial charge in [0.25, 0.3) is 0 Å². The van der Waals surface area contributed by atoms with Crippen LogP contribution in [0.3, 0.4) is 0 Å². The first kappa shape index (κ1) is 23.2. The lowest BCUT2D eigenvalue weighted by molar-refractivity contribution is 0.146. The monoisotopic (exact) mass is 445 g/mol. The quantitative estimate of drug-likeness (QED) is 0.214. The summed E-state index contributed by atoms with van der Waals surface area (Å²) in [5.41, 5.74) is 3.60. The van der Waals surface area contributed by atoms with E-state index in [9.17, 15) is 10.5 Å². The molecule has 1 heterocycles. The number of methoxy groups -OCH3 is 1. The summed E-state index contributed by atoms with van der Waals surface area (Å²) in [6, 6.07) is 12.0. The number of hydrogen-bond donors (Lipinski definition) is 0. The Bertz CT molecular complexity index is 1110. The summed E-state index contributed by atoms with van der Waals surface area (Å²) in [7, 11) is 1.62. The second-order valence-electron chi connectivity index (χ2n) is 7.02. The molecule has 1 saturated carbocycles. The average Bonchev–Trinajstić information content (AvgIpc) is 3.66. The third kappa shape index (κ3) is 5.42. The molecule has 0 amide bonds. The van der Waals surface area contributed by atoms with Crippen LogP contribution in [-0.2, 0) is 4.74 Å². The maximum absolute atomic E-state index is 10.0. The van der Waals surface area contributed by atoms with E-state index in [2.05, 4.69) is 35.6 Å². The number of nitrogens with zero attached hydrogens (tertiary/aromatic N) is 5. The summed E-state index contributed by atoms with van der Waals surface area (Å²) >= 11 is 1.38. The minimum absolute atomic E-state index is 0.245. The van der Waals surface area contributed by atoms with Crippen molar-refractivity contribution in [2.45, 2.75) is 23.8 Å². The van der Waals surface area contributed by atoms with Gasteiger partial charge in [0.05, 0.1) is 29.1 Å². The molecule has 0 aliphatic heterocycles. The van der Waals surface area contributed by atoms with Gasteiger partial charge in [-0.2, -0.15) is 20.7 Å². The van der Waals surface area contributed by atoms with Crippen molar-refractivity contribution >= 4 is 24.2 Å². The molecule has 3 rings (SSSR count). The van der Waals surface area contributed by atoms with E-state index in [1.165, 1.54) is 11.8 Å². The molecule has 1 aromatic heterocycles. The Morgan fingerprint density at radius 2 is 1.94 bits per heavy atom. The molecule has 2 aromatic rings. The molecule has 1 aliphatic rings. The zero-order valence-electron chi connectivity index (χ0n) is 17.9. The highest BCUT2D eigenvalue weighted by atomic mass is 32.2. The topological polar surface area (TPSA) is 104 Å². The first-order chi connectivity index (χ1) is 15.7. The third-order valence-corrected chi connectivity index (χ3v) is 5.88. The van der Waals surface area contributed by atoms with Crippen LogP contribution in [0.15, 0.2) is 52.1 Å². The third-order valence-electron chi connectivity index (χ3n) is 4.87. The first-order valence-corrected chi connectivity index (χ1v) is 11.0. The number of benzene rings is 1. The van der Waals surface area contributed by atoms with E-state index >= 15 is 0 Å². The fourth-order valence-corrected chi connectivity index (χ4v) is 4.08. The van der Waals surface area contributed by atoms with Crippen molar-refractivity contribution in [3.63, 3.8) is 0 Å². The molecule has 0 N–H and O–H groups in total. The van der Waals surface area contributed by atoms with Crippen LogP contribution >= 0.6 is 11.8 Å². The van der Waals surface area contributed by atoms with Gasteiger partial charge in [0.15, 0.2) is 0 Å². The molecule has 32 heavy (non-hydrogen) atoms. The van der Waals surface area contributed by atoms with E-state index in [0.29, 0.717) is 52.1 Å². The maximum atomic E-state index is 10.0. The molecule has 1 aromatic carbocycles. The zero-order valence-corrected chi connectivity index (χ0v) is 18.7. The lowest BCUT2D eigenvalue weighted by atomic mass is 9.94. The fraction of sp³-hybridized carbons (Fsp3) is 0.292. The molecular weight excluding hydrogens is 422 g/mol. The van der Waals surface area contributed by atoms with E-state index in [4.69, 9.17) is 14.5 Å². The Balaban J connectivity index is 2.05. The maximum Gasteiger partial charge on any atom is 0.119 e.